The van der Waals surface area contributed by atoms with Gasteiger partial charge in [-0.1, -0.05) is 83.1 Å². The molecule has 1 atom stereocenters. The first kappa shape index (κ1) is 26.8. The average molecular weight is 497 g/mol. The first-order valence-corrected chi connectivity index (χ1v) is 13.4. The van der Waals surface area contributed by atoms with E-state index in [1.165, 1.54) is 16.7 Å². The summed E-state index contributed by atoms with van der Waals surface area (Å²) in [5, 5.41) is 8.56. The van der Waals surface area contributed by atoms with Crippen LogP contribution in [0.1, 0.15) is 66.0 Å². The minimum absolute atomic E-state index is 0.110. The lowest BCUT2D eigenvalue weighted by molar-refractivity contribution is -0.00269. The van der Waals surface area contributed by atoms with Crippen molar-refractivity contribution in [2.24, 2.45) is 5.92 Å². The van der Waals surface area contributed by atoms with Gasteiger partial charge in [-0.2, -0.15) is 0 Å². The van der Waals surface area contributed by atoms with Crippen LogP contribution in [0, 0.1) is 5.92 Å². The third-order valence-corrected chi connectivity index (χ3v) is 6.50. The van der Waals surface area contributed by atoms with Crippen LogP contribution in [0.2, 0.25) is 0 Å². The van der Waals surface area contributed by atoms with Gasteiger partial charge in [-0.15, -0.1) is 10.2 Å². The van der Waals surface area contributed by atoms with Gasteiger partial charge in [0.25, 0.3) is 0 Å². The molecule has 0 fully saturated rings. The Morgan fingerprint density at radius 3 is 1.59 bits per heavy atom. The number of rotatable bonds is 9. The van der Waals surface area contributed by atoms with Crippen molar-refractivity contribution in [3.8, 4) is 34.0 Å². The van der Waals surface area contributed by atoms with E-state index in [1.54, 1.807) is 0 Å². The molecule has 0 amide bonds. The first-order chi connectivity index (χ1) is 17.6. The molecule has 0 bridgehead atoms. The molecule has 4 rings (SSSR count). The van der Waals surface area contributed by atoms with Crippen molar-refractivity contribution in [1.29, 1.82) is 0 Å². The van der Waals surface area contributed by atoms with Crippen LogP contribution < -0.4 is 0 Å². The molecule has 0 aliphatic rings. The number of hydrogen-bond acceptors (Lipinski definition) is 4. The van der Waals surface area contributed by atoms with E-state index in [2.05, 4.69) is 107 Å². The van der Waals surface area contributed by atoms with E-state index in [1.807, 2.05) is 24.3 Å². The summed E-state index contributed by atoms with van der Waals surface area (Å²) in [6.07, 6.45) is 2.50. The van der Waals surface area contributed by atoms with Gasteiger partial charge in [0, 0.05) is 11.1 Å². The standard InChI is InChI=1S/C33H40N2O2/c1-22(2)20-30(36-23(3)4)21-24-8-10-25(11-9-24)26-12-14-27(15-13-26)31-34-35-32(37-31)28-16-18-29(19-17-28)33(5,6)7/h8-19,22-23,30H,20-21H2,1-7H3. The molecule has 4 aromatic rings. The summed E-state index contributed by atoms with van der Waals surface area (Å²) in [6.45, 7) is 15.3. The summed E-state index contributed by atoms with van der Waals surface area (Å²) in [5.74, 6) is 1.68. The Hall–Kier alpha value is -3.24. The van der Waals surface area contributed by atoms with Crippen LogP contribution in [0.15, 0.2) is 77.2 Å². The molecule has 1 aromatic heterocycles. The SMILES string of the molecule is CC(C)CC(Cc1ccc(-c2ccc(-c3nnc(-c4ccc(C(C)(C)C)cc4)o3)cc2)cc1)OC(C)C. The molecule has 0 aliphatic heterocycles. The van der Waals surface area contributed by atoms with E-state index in [4.69, 9.17) is 9.15 Å². The second-order valence-corrected chi connectivity index (χ2v) is 11.7. The Bertz CT molecular complexity index is 1250. The molecule has 37 heavy (non-hydrogen) atoms. The molecule has 4 nitrogen and oxygen atoms in total. The van der Waals surface area contributed by atoms with Crippen molar-refractivity contribution in [2.45, 2.75) is 78.9 Å². The lowest BCUT2D eigenvalue weighted by Gasteiger charge is -2.22. The lowest BCUT2D eigenvalue weighted by Crippen LogP contribution is -2.22. The number of ether oxygens (including phenoxy) is 1. The predicted molar refractivity (Wildman–Crippen MR) is 152 cm³/mol. The Morgan fingerprint density at radius 1 is 0.676 bits per heavy atom. The van der Waals surface area contributed by atoms with Crippen LogP contribution in [0.5, 0.6) is 0 Å². The molecule has 0 aliphatic carbocycles. The van der Waals surface area contributed by atoms with Crippen molar-refractivity contribution in [3.63, 3.8) is 0 Å². The van der Waals surface area contributed by atoms with Crippen LogP contribution in [-0.4, -0.2) is 22.4 Å². The van der Waals surface area contributed by atoms with Gasteiger partial charge in [0.2, 0.25) is 11.8 Å². The summed E-state index contributed by atoms with van der Waals surface area (Å²) in [4.78, 5) is 0. The highest BCUT2D eigenvalue weighted by Gasteiger charge is 2.16. The fraction of sp³-hybridized carbons (Fsp3) is 0.394. The molecular weight excluding hydrogens is 456 g/mol. The van der Waals surface area contributed by atoms with Gasteiger partial charge >= 0.3 is 0 Å². The van der Waals surface area contributed by atoms with Crippen LogP contribution in [0.4, 0.5) is 0 Å². The number of hydrogen-bond donors (Lipinski definition) is 0. The van der Waals surface area contributed by atoms with Gasteiger partial charge in [-0.25, -0.2) is 0 Å². The van der Waals surface area contributed by atoms with E-state index in [9.17, 15) is 0 Å². The van der Waals surface area contributed by atoms with Crippen molar-refractivity contribution in [2.75, 3.05) is 0 Å². The van der Waals surface area contributed by atoms with Gasteiger partial charge in [0.05, 0.1) is 12.2 Å². The van der Waals surface area contributed by atoms with E-state index in [-0.39, 0.29) is 17.6 Å². The highest BCUT2D eigenvalue weighted by molar-refractivity contribution is 5.68. The smallest absolute Gasteiger partial charge is 0.248 e. The zero-order chi connectivity index (χ0) is 26.6. The van der Waals surface area contributed by atoms with Crippen molar-refractivity contribution >= 4 is 0 Å². The zero-order valence-electron chi connectivity index (χ0n) is 23.3. The lowest BCUT2D eigenvalue weighted by atomic mass is 9.87. The van der Waals surface area contributed by atoms with Crippen LogP contribution in [0.25, 0.3) is 34.0 Å². The summed E-state index contributed by atoms with van der Waals surface area (Å²) < 4.78 is 12.2. The monoisotopic (exact) mass is 496 g/mol. The molecule has 0 saturated carbocycles. The maximum absolute atomic E-state index is 6.16. The van der Waals surface area contributed by atoms with Crippen LogP contribution in [0.3, 0.4) is 0 Å². The molecule has 4 heteroatoms. The summed E-state index contributed by atoms with van der Waals surface area (Å²) in [6, 6.07) is 25.5. The van der Waals surface area contributed by atoms with E-state index in [0.717, 1.165) is 29.5 Å². The third-order valence-electron chi connectivity index (χ3n) is 6.50. The van der Waals surface area contributed by atoms with Gasteiger partial charge in [-0.05, 0) is 84.5 Å². The molecule has 1 unspecified atom stereocenters. The van der Waals surface area contributed by atoms with Gasteiger partial charge in [0.1, 0.15) is 0 Å². The topological polar surface area (TPSA) is 48.2 Å². The maximum atomic E-state index is 6.16. The highest BCUT2D eigenvalue weighted by atomic mass is 16.5. The molecule has 3 aromatic carbocycles. The molecule has 0 saturated heterocycles. The minimum atomic E-state index is 0.110. The Kier molecular flexibility index (Phi) is 8.29. The number of aromatic nitrogens is 2. The molecule has 0 N–H and O–H groups in total. The van der Waals surface area contributed by atoms with Gasteiger partial charge < -0.3 is 9.15 Å². The Morgan fingerprint density at radius 2 is 1.14 bits per heavy atom. The normalized spacial score (nSPS) is 12.9. The average Bonchev–Trinajstić information content (AvgIpc) is 3.34. The molecule has 194 valence electrons. The number of benzene rings is 3. The van der Waals surface area contributed by atoms with E-state index in [0.29, 0.717) is 17.7 Å². The fourth-order valence-electron chi connectivity index (χ4n) is 4.57. The molecule has 0 spiro atoms. The van der Waals surface area contributed by atoms with Crippen LogP contribution >= 0.6 is 0 Å². The third kappa shape index (κ3) is 7.17. The van der Waals surface area contributed by atoms with Crippen molar-refractivity contribution in [3.05, 3.63) is 83.9 Å². The van der Waals surface area contributed by atoms with E-state index >= 15 is 0 Å². The summed E-state index contributed by atoms with van der Waals surface area (Å²) >= 11 is 0. The van der Waals surface area contributed by atoms with Crippen molar-refractivity contribution in [1.82, 2.24) is 10.2 Å². The Labute approximate surface area is 222 Å². The second-order valence-electron chi connectivity index (χ2n) is 11.7. The molecule has 1 heterocycles. The molecule has 0 radical (unpaired) electrons. The zero-order valence-corrected chi connectivity index (χ0v) is 23.3. The van der Waals surface area contributed by atoms with Crippen LogP contribution in [-0.2, 0) is 16.6 Å². The molecular formula is C33H40N2O2. The quantitative estimate of drug-likeness (QED) is 0.232. The summed E-state index contributed by atoms with van der Waals surface area (Å²) in [7, 11) is 0. The van der Waals surface area contributed by atoms with Gasteiger partial charge in [0.15, 0.2) is 0 Å². The van der Waals surface area contributed by atoms with Crippen molar-refractivity contribution < 1.29 is 9.15 Å². The minimum Gasteiger partial charge on any atom is -0.416 e. The highest BCUT2D eigenvalue weighted by Crippen LogP contribution is 2.29. The first-order valence-electron chi connectivity index (χ1n) is 13.4. The van der Waals surface area contributed by atoms with Gasteiger partial charge in [-0.3, -0.25) is 0 Å². The predicted octanol–water partition coefficient (Wildman–Crippen LogP) is 8.75. The number of nitrogens with zero attached hydrogens (tertiary/aromatic N) is 2. The fourth-order valence-corrected chi connectivity index (χ4v) is 4.57. The van der Waals surface area contributed by atoms with E-state index < -0.39 is 0 Å². The largest absolute Gasteiger partial charge is 0.416 e. The maximum Gasteiger partial charge on any atom is 0.248 e. The summed E-state index contributed by atoms with van der Waals surface area (Å²) in [5.41, 5.74) is 6.87. The second kappa shape index (κ2) is 11.4. The Balaban J connectivity index is 1.44.